The minimum atomic E-state index is -0.721. The maximum Gasteiger partial charge on any atom is 0.244 e. The molecule has 1 heterocycles. The highest BCUT2D eigenvalue weighted by molar-refractivity contribution is 5.98. The minimum absolute atomic E-state index is 0. The molecule has 0 spiro atoms. The van der Waals surface area contributed by atoms with Crippen LogP contribution in [0.1, 0.15) is 25.7 Å². The van der Waals surface area contributed by atoms with Gasteiger partial charge in [-0.25, -0.2) is 0 Å². The van der Waals surface area contributed by atoms with Crippen LogP contribution in [0.25, 0.3) is 11.4 Å². The van der Waals surface area contributed by atoms with Crippen LogP contribution in [0.3, 0.4) is 0 Å². The number of nitrogens with zero attached hydrogens (tertiary/aromatic N) is 3. The molecular weight excluding hydrogens is 302 g/mol. The molecule has 118 valence electrons. The zero-order valence-electron chi connectivity index (χ0n) is 12.5. The first kappa shape index (κ1) is 16.5. The van der Waals surface area contributed by atoms with Crippen LogP contribution in [0, 0.1) is 0 Å². The summed E-state index contributed by atoms with van der Waals surface area (Å²) in [7, 11) is 1.88. The fourth-order valence-electron chi connectivity index (χ4n) is 2.77. The lowest BCUT2D eigenvalue weighted by Crippen LogP contribution is -2.48. The van der Waals surface area contributed by atoms with Gasteiger partial charge in [-0.05, 0) is 25.0 Å². The molecule has 3 N–H and O–H groups in total. The molecule has 1 aromatic heterocycles. The number of aromatic nitrogens is 3. The molecule has 2 aromatic rings. The molecule has 1 saturated carbocycles. The van der Waals surface area contributed by atoms with Gasteiger partial charge in [-0.3, -0.25) is 4.79 Å². The second-order valence-corrected chi connectivity index (χ2v) is 5.66. The predicted octanol–water partition coefficient (Wildman–Crippen LogP) is 2.11. The minimum Gasteiger partial charge on any atom is -0.324 e. The summed E-state index contributed by atoms with van der Waals surface area (Å²) >= 11 is 0. The van der Waals surface area contributed by atoms with E-state index >= 15 is 0 Å². The number of anilines is 1. The Morgan fingerprint density at radius 1 is 1.36 bits per heavy atom. The van der Waals surface area contributed by atoms with Crippen molar-refractivity contribution in [3.63, 3.8) is 0 Å². The van der Waals surface area contributed by atoms with E-state index < -0.39 is 5.54 Å². The van der Waals surface area contributed by atoms with E-state index in [0.29, 0.717) is 0 Å². The van der Waals surface area contributed by atoms with Gasteiger partial charge in [-0.15, -0.1) is 22.6 Å². The Kier molecular flexibility index (Phi) is 4.83. The van der Waals surface area contributed by atoms with Crippen LogP contribution < -0.4 is 11.1 Å². The molecule has 0 radical (unpaired) electrons. The van der Waals surface area contributed by atoms with Gasteiger partial charge in [0.15, 0.2) is 5.82 Å². The Morgan fingerprint density at radius 2 is 2.09 bits per heavy atom. The van der Waals surface area contributed by atoms with Crippen LogP contribution in [-0.4, -0.2) is 26.2 Å². The van der Waals surface area contributed by atoms with Gasteiger partial charge in [-0.1, -0.05) is 25.0 Å². The standard InChI is InChI=1S/C15H19N5O.ClH/c1-20-10-17-19-13(20)11-5-4-6-12(9-11)18-14(21)15(16)7-2-3-8-15;/h4-6,9-10H,2-3,7-8,16H2,1H3,(H,18,21);1H. The first-order valence-corrected chi connectivity index (χ1v) is 7.13. The molecule has 1 aliphatic rings. The van der Waals surface area contributed by atoms with E-state index in [2.05, 4.69) is 15.5 Å². The molecule has 0 saturated heterocycles. The normalized spacial score (nSPS) is 16.1. The van der Waals surface area contributed by atoms with Crippen molar-refractivity contribution in [2.24, 2.45) is 12.8 Å². The number of halogens is 1. The van der Waals surface area contributed by atoms with Crippen molar-refractivity contribution in [2.45, 2.75) is 31.2 Å². The number of rotatable bonds is 3. The van der Waals surface area contributed by atoms with Gasteiger partial charge in [0, 0.05) is 18.3 Å². The van der Waals surface area contributed by atoms with Crippen LogP contribution in [0.15, 0.2) is 30.6 Å². The largest absolute Gasteiger partial charge is 0.324 e. The zero-order chi connectivity index (χ0) is 14.9. The first-order valence-electron chi connectivity index (χ1n) is 7.13. The number of aryl methyl sites for hydroxylation is 1. The quantitative estimate of drug-likeness (QED) is 0.906. The highest BCUT2D eigenvalue weighted by Gasteiger charge is 2.36. The Morgan fingerprint density at radius 3 is 2.73 bits per heavy atom. The second kappa shape index (κ2) is 6.46. The highest BCUT2D eigenvalue weighted by Crippen LogP contribution is 2.29. The summed E-state index contributed by atoms with van der Waals surface area (Å²) in [5.41, 5.74) is 7.09. The third-order valence-corrected chi connectivity index (χ3v) is 4.04. The molecule has 1 fully saturated rings. The van der Waals surface area contributed by atoms with Crippen molar-refractivity contribution in [3.8, 4) is 11.4 Å². The fourth-order valence-corrected chi connectivity index (χ4v) is 2.77. The number of nitrogens with one attached hydrogen (secondary N) is 1. The third-order valence-electron chi connectivity index (χ3n) is 4.04. The lowest BCUT2D eigenvalue weighted by atomic mass is 9.98. The number of amides is 1. The summed E-state index contributed by atoms with van der Waals surface area (Å²) < 4.78 is 1.84. The van der Waals surface area contributed by atoms with Crippen LogP contribution in [-0.2, 0) is 11.8 Å². The molecule has 22 heavy (non-hydrogen) atoms. The molecular formula is C15H20ClN5O. The van der Waals surface area contributed by atoms with Crippen LogP contribution in [0.5, 0.6) is 0 Å². The molecule has 0 atom stereocenters. The molecule has 6 nitrogen and oxygen atoms in total. The maximum absolute atomic E-state index is 12.3. The van der Waals surface area contributed by atoms with Gasteiger partial charge in [0.2, 0.25) is 5.91 Å². The summed E-state index contributed by atoms with van der Waals surface area (Å²) in [4.78, 5) is 12.3. The molecule has 1 aromatic carbocycles. The first-order chi connectivity index (χ1) is 10.1. The van der Waals surface area contributed by atoms with Crippen molar-refractivity contribution < 1.29 is 4.79 Å². The Labute approximate surface area is 135 Å². The molecule has 0 unspecified atom stereocenters. The monoisotopic (exact) mass is 321 g/mol. The van der Waals surface area contributed by atoms with Crippen LogP contribution in [0.2, 0.25) is 0 Å². The summed E-state index contributed by atoms with van der Waals surface area (Å²) in [5, 5.41) is 10.9. The number of hydrogen-bond donors (Lipinski definition) is 2. The van der Waals surface area contributed by atoms with Crippen molar-refractivity contribution in [2.75, 3.05) is 5.32 Å². The van der Waals surface area contributed by atoms with E-state index in [1.54, 1.807) is 6.33 Å². The van der Waals surface area contributed by atoms with Crippen molar-refractivity contribution in [3.05, 3.63) is 30.6 Å². The average molecular weight is 322 g/mol. The van der Waals surface area contributed by atoms with E-state index in [9.17, 15) is 4.79 Å². The van der Waals surface area contributed by atoms with E-state index in [0.717, 1.165) is 42.8 Å². The predicted molar refractivity (Wildman–Crippen MR) is 87.7 cm³/mol. The lowest BCUT2D eigenvalue weighted by molar-refractivity contribution is -0.121. The van der Waals surface area contributed by atoms with Gasteiger partial charge in [-0.2, -0.15) is 0 Å². The third kappa shape index (κ3) is 3.13. The molecule has 1 amide bonds. The fraction of sp³-hybridized carbons (Fsp3) is 0.400. The Hall–Kier alpha value is -1.92. The topological polar surface area (TPSA) is 85.8 Å². The van der Waals surface area contributed by atoms with Crippen LogP contribution >= 0.6 is 12.4 Å². The SMILES string of the molecule is Cl.Cn1cnnc1-c1cccc(NC(=O)C2(N)CCCC2)c1. The summed E-state index contributed by atoms with van der Waals surface area (Å²) in [6.45, 7) is 0. The summed E-state index contributed by atoms with van der Waals surface area (Å²) in [6, 6.07) is 7.57. The molecule has 0 bridgehead atoms. The lowest BCUT2D eigenvalue weighted by Gasteiger charge is -2.22. The highest BCUT2D eigenvalue weighted by atomic mass is 35.5. The van der Waals surface area contributed by atoms with Crippen LogP contribution in [0.4, 0.5) is 5.69 Å². The second-order valence-electron chi connectivity index (χ2n) is 5.66. The van der Waals surface area contributed by atoms with Gasteiger partial charge >= 0.3 is 0 Å². The molecule has 0 aliphatic heterocycles. The molecule has 1 aliphatic carbocycles. The summed E-state index contributed by atoms with van der Waals surface area (Å²) in [6.07, 6.45) is 5.18. The van der Waals surface area contributed by atoms with Crippen molar-refractivity contribution in [1.29, 1.82) is 0 Å². The Bertz CT molecular complexity index is 663. The zero-order valence-corrected chi connectivity index (χ0v) is 13.3. The van der Waals surface area contributed by atoms with Crippen molar-refractivity contribution >= 4 is 24.0 Å². The number of benzene rings is 1. The maximum atomic E-state index is 12.3. The Balaban J connectivity index is 0.00000176. The van der Waals surface area contributed by atoms with E-state index in [1.165, 1.54) is 0 Å². The van der Waals surface area contributed by atoms with Gasteiger partial charge < -0.3 is 15.6 Å². The van der Waals surface area contributed by atoms with Gasteiger partial charge in [0.1, 0.15) is 6.33 Å². The van der Waals surface area contributed by atoms with E-state index in [4.69, 9.17) is 5.73 Å². The number of carbonyl (C=O) groups excluding carboxylic acids is 1. The average Bonchev–Trinajstić information content (AvgIpc) is 3.09. The smallest absolute Gasteiger partial charge is 0.244 e. The van der Waals surface area contributed by atoms with Crippen molar-refractivity contribution in [1.82, 2.24) is 14.8 Å². The molecule has 3 rings (SSSR count). The summed E-state index contributed by atoms with van der Waals surface area (Å²) in [5.74, 6) is 0.657. The number of nitrogens with two attached hydrogens (primary N) is 1. The molecule has 7 heteroatoms. The van der Waals surface area contributed by atoms with Gasteiger partial charge in [0.25, 0.3) is 0 Å². The van der Waals surface area contributed by atoms with Gasteiger partial charge in [0.05, 0.1) is 5.54 Å². The number of hydrogen-bond acceptors (Lipinski definition) is 4. The number of carbonyl (C=O) groups is 1. The van der Waals surface area contributed by atoms with E-state index in [1.807, 2.05) is 35.9 Å². The van der Waals surface area contributed by atoms with E-state index in [-0.39, 0.29) is 18.3 Å².